The minimum atomic E-state index is -3.77. The molecule has 0 bridgehead atoms. The van der Waals surface area contributed by atoms with Crippen LogP contribution in [0.2, 0.25) is 5.02 Å². The third-order valence-electron chi connectivity index (χ3n) is 5.55. The minimum absolute atomic E-state index is 0.0853. The van der Waals surface area contributed by atoms with Crippen LogP contribution in [-0.4, -0.2) is 44.3 Å². The van der Waals surface area contributed by atoms with Crippen molar-refractivity contribution in [1.82, 2.24) is 14.9 Å². The molecule has 0 radical (unpaired) electrons. The number of nitrogens with zero attached hydrogens (tertiary/aromatic N) is 1. The van der Waals surface area contributed by atoms with Crippen molar-refractivity contribution in [2.75, 3.05) is 19.6 Å². The molecule has 156 valence electrons. The van der Waals surface area contributed by atoms with E-state index < -0.39 is 10.0 Å². The maximum absolute atomic E-state index is 13.3. The molecule has 3 heterocycles. The van der Waals surface area contributed by atoms with Gasteiger partial charge < -0.3 is 10.6 Å². The summed E-state index contributed by atoms with van der Waals surface area (Å²) in [7, 11) is -3.77. The largest absolute Gasteiger partial charge is 0.350 e. The Hall–Kier alpha value is -1.45. The van der Waals surface area contributed by atoms with Crippen molar-refractivity contribution in [3.63, 3.8) is 0 Å². The van der Waals surface area contributed by atoms with Crippen LogP contribution < -0.4 is 10.6 Å². The molecule has 6 nitrogen and oxygen atoms in total. The Balaban J connectivity index is 1.50. The van der Waals surface area contributed by atoms with Crippen molar-refractivity contribution < 1.29 is 13.2 Å². The second-order valence-electron chi connectivity index (χ2n) is 7.44. The Morgan fingerprint density at radius 3 is 2.97 bits per heavy atom. The fourth-order valence-corrected chi connectivity index (χ4v) is 6.97. The van der Waals surface area contributed by atoms with Gasteiger partial charge in [-0.15, -0.1) is 11.3 Å². The van der Waals surface area contributed by atoms with Crippen LogP contribution in [0.4, 0.5) is 0 Å². The number of hydrogen-bond acceptors (Lipinski definition) is 5. The zero-order valence-electron chi connectivity index (χ0n) is 16.0. The lowest BCUT2D eigenvalue weighted by atomic mass is 10.0. The fraction of sp³-hybridized carbons (Fsp3) is 0.450. The maximum atomic E-state index is 13.3. The summed E-state index contributed by atoms with van der Waals surface area (Å²) in [6, 6.07) is 7.34. The highest BCUT2D eigenvalue weighted by molar-refractivity contribution is 7.89. The average molecular weight is 454 g/mol. The number of piperidine rings is 1. The number of benzene rings is 1. The molecule has 1 saturated heterocycles. The van der Waals surface area contributed by atoms with E-state index in [4.69, 9.17) is 11.6 Å². The molecule has 1 aromatic carbocycles. The third kappa shape index (κ3) is 4.36. The van der Waals surface area contributed by atoms with E-state index in [0.717, 1.165) is 48.3 Å². The van der Waals surface area contributed by atoms with E-state index in [1.807, 2.05) is 18.2 Å². The van der Waals surface area contributed by atoms with Gasteiger partial charge in [0.25, 0.3) is 5.91 Å². The van der Waals surface area contributed by atoms with Gasteiger partial charge in [0.1, 0.15) is 9.77 Å². The number of thiophene rings is 1. The number of fused-ring (bicyclic) bond motifs is 1. The molecule has 0 aliphatic carbocycles. The second kappa shape index (κ2) is 8.73. The summed E-state index contributed by atoms with van der Waals surface area (Å²) in [5.41, 5.74) is 1.92. The molecule has 0 unspecified atom stereocenters. The van der Waals surface area contributed by atoms with Gasteiger partial charge >= 0.3 is 0 Å². The molecular weight excluding hydrogens is 430 g/mol. The minimum Gasteiger partial charge on any atom is -0.350 e. The average Bonchev–Trinajstić information content (AvgIpc) is 3.24. The van der Waals surface area contributed by atoms with E-state index in [2.05, 4.69) is 10.6 Å². The molecular formula is C20H24ClN3O3S2. The Labute approximate surface area is 180 Å². The Morgan fingerprint density at radius 1 is 1.31 bits per heavy atom. The molecule has 0 saturated carbocycles. The number of carbonyl (C=O) groups is 1. The summed E-state index contributed by atoms with van der Waals surface area (Å²) in [4.78, 5) is 13.0. The van der Waals surface area contributed by atoms with Gasteiger partial charge in [0.05, 0.1) is 0 Å². The first-order valence-electron chi connectivity index (χ1n) is 9.82. The summed E-state index contributed by atoms with van der Waals surface area (Å²) < 4.78 is 28.0. The van der Waals surface area contributed by atoms with Crippen LogP contribution in [0.15, 0.2) is 34.5 Å². The normalized spacial score (nSPS) is 20.2. The van der Waals surface area contributed by atoms with Gasteiger partial charge in [0.15, 0.2) is 0 Å². The van der Waals surface area contributed by atoms with Crippen molar-refractivity contribution in [3.8, 4) is 0 Å². The van der Waals surface area contributed by atoms with E-state index in [9.17, 15) is 13.2 Å². The van der Waals surface area contributed by atoms with Crippen LogP contribution in [0.3, 0.4) is 0 Å². The first kappa shape index (κ1) is 20.8. The van der Waals surface area contributed by atoms with Crippen molar-refractivity contribution in [1.29, 1.82) is 0 Å². The van der Waals surface area contributed by atoms with Crippen LogP contribution >= 0.6 is 22.9 Å². The van der Waals surface area contributed by atoms with Gasteiger partial charge in [0.2, 0.25) is 10.0 Å². The fourth-order valence-electron chi connectivity index (χ4n) is 3.94. The molecule has 0 spiro atoms. The number of sulfonamides is 1. The quantitative estimate of drug-likeness (QED) is 0.729. The smallest absolute Gasteiger partial charge is 0.262 e. The molecule has 2 aliphatic heterocycles. The van der Waals surface area contributed by atoms with E-state index in [0.29, 0.717) is 24.5 Å². The zero-order chi connectivity index (χ0) is 20.4. The first-order valence-corrected chi connectivity index (χ1v) is 12.5. The van der Waals surface area contributed by atoms with E-state index in [-0.39, 0.29) is 28.3 Å². The summed E-state index contributed by atoms with van der Waals surface area (Å²) >= 11 is 7.41. The third-order valence-corrected chi connectivity index (χ3v) is 8.83. The number of nitrogens with one attached hydrogen (secondary N) is 2. The lowest BCUT2D eigenvalue weighted by molar-refractivity contribution is 0.0948. The SMILES string of the molecule is O=C(NC[C@H]1CCCCN1)c1sccc1S(=O)(=O)N1CCc2c(Cl)cccc2C1. The van der Waals surface area contributed by atoms with Crippen molar-refractivity contribution in [2.24, 2.45) is 0 Å². The van der Waals surface area contributed by atoms with Gasteiger partial charge in [-0.25, -0.2) is 8.42 Å². The summed E-state index contributed by atoms with van der Waals surface area (Å²) in [6.07, 6.45) is 3.88. The highest BCUT2D eigenvalue weighted by Crippen LogP contribution is 2.31. The van der Waals surface area contributed by atoms with Crippen LogP contribution in [-0.2, 0) is 23.0 Å². The van der Waals surface area contributed by atoms with E-state index in [1.54, 1.807) is 5.38 Å². The molecule has 2 aromatic rings. The van der Waals surface area contributed by atoms with Gasteiger partial charge in [-0.2, -0.15) is 4.31 Å². The Morgan fingerprint density at radius 2 is 2.17 bits per heavy atom. The maximum Gasteiger partial charge on any atom is 0.262 e. The molecule has 2 aliphatic rings. The number of amides is 1. The van der Waals surface area contributed by atoms with Crippen LogP contribution in [0.25, 0.3) is 0 Å². The zero-order valence-corrected chi connectivity index (χ0v) is 18.4. The molecule has 4 rings (SSSR count). The van der Waals surface area contributed by atoms with Crippen molar-refractivity contribution in [3.05, 3.63) is 50.7 Å². The number of halogens is 1. The Kier molecular flexibility index (Phi) is 6.27. The van der Waals surface area contributed by atoms with Gasteiger partial charge in [-0.3, -0.25) is 4.79 Å². The topological polar surface area (TPSA) is 78.5 Å². The number of hydrogen-bond donors (Lipinski definition) is 2. The van der Waals surface area contributed by atoms with Crippen LogP contribution in [0, 0.1) is 0 Å². The van der Waals surface area contributed by atoms with Gasteiger partial charge in [-0.05, 0) is 54.4 Å². The molecule has 29 heavy (non-hydrogen) atoms. The van der Waals surface area contributed by atoms with Gasteiger partial charge in [0, 0.05) is 30.7 Å². The molecule has 1 atom stereocenters. The summed E-state index contributed by atoms with van der Waals surface area (Å²) in [6.45, 7) is 2.08. The van der Waals surface area contributed by atoms with E-state index in [1.165, 1.54) is 10.4 Å². The standard InChI is InChI=1S/C20H24ClN3O3S2/c21-17-6-3-4-14-13-24(10-7-16(14)17)29(26,27)18-8-11-28-19(18)20(25)23-12-15-5-1-2-9-22-15/h3-4,6,8,11,15,22H,1-2,5,7,9-10,12-13H2,(H,23,25)/t15-/m1/s1. The predicted molar refractivity (Wildman–Crippen MR) is 115 cm³/mol. The first-order chi connectivity index (χ1) is 14.0. The van der Waals surface area contributed by atoms with Gasteiger partial charge in [-0.1, -0.05) is 30.2 Å². The highest BCUT2D eigenvalue weighted by Gasteiger charge is 2.33. The molecule has 1 amide bonds. The molecule has 2 N–H and O–H groups in total. The van der Waals surface area contributed by atoms with E-state index >= 15 is 0 Å². The molecule has 9 heteroatoms. The predicted octanol–water partition coefficient (Wildman–Crippen LogP) is 3.02. The van der Waals surface area contributed by atoms with Crippen molar-refractivity contribution in [2.45, 2.75) is 43.2 Å². The van der Waals surface area contributed by atoms with Crippen LogP contribution in [0.1, 0.15) is 40.1 Å². The second-order valence-corrected chi connectivity index (χ2v) is 10.7. The lowest BCUT2D eigenvalue weighted by Gasteiger charge is -2.28. The summed E-state index contributed by atoms with van der Waals surface area (Å²) in [5.74, 6) is -0.327. The monoisotopic (exact) mass is 453 g/mol. The highest BCUT2D eigenvalue weighted by atomic mass is 35.5. The lowest BCUT2D eigenvalue weighted by Crippen LogP contribution is -2.43. The molecule has 1 fully saturated rings. The number of rotatable bonds is 5. The van der Waals surface area contributed by atoms with Crippen molar-refractivity contribution >= 4 is 38.9 Å². The molecule has 1 aromatic heterocycles. The Bertz CT molecular complexity index is 1000. The number of carbonyl (C=O) groups excluding carboxylic acids is 1. The van der Waals surface area contributed by atoms with Crippen LogP contribution in [0.5, 0.6) is 0 Å². The summed E-state index contributed by atoms with van der Waals surface area (Å²) in [5, 5.41) is 8.62.